The van der Waals surface area contributed by atoms with Gasteiger partial charge in [0.15, 0.2) is 0 Å². The zero-order valence-electron chi connectivity index (χ0n) is 39.1. The van der Waals surface area contributed by atoms with Crippen LogP contribution in [0.25, 0.3) is 53.0 Å². The lowest BCUT2D eigenvalue weighted by Gasteiger charge is -2.29. The van der Waals surface area contributed by atoms with Crippen LogP contribution in [0.2, 0.25) is 12.1 Å². The predicted octanol–water partition coefficient (Wildman–Crippen LogP) is 15.7. The zero-order chi connectivity index (χ0) is 42.6. The van der Waals surface area contributed by atoms with Crippen LogP contribution in [0.4, 0.5) is 0 Å². The van der Waals surface area contributed by atoms with E-state index in [1.807, 2.05) is 9.59 Å². The van der Waals surface area contributed by atoms with Gasteiger partial charge >= 0.3 is 0 Å². The van der Waals surface area contributed by atoms with Gasteiger partial charge in [-0.1, -0.05) is 169 Å². The van der Waals surface area contributed by atoms with Gasteiger partial charge in [-0.25, -0.2) is 0 Å². The van der Waals surface area contributed by atoms with Crippen LogP contribution in [0.15, 0.2) is 24.3 Å². The molecule has 0 aliphatic carbocycles. The SMILES string of the molecule is CCCCCCCCn1nc2c(C)cc3c(cc(-c4cc5c(s4)-c4sc(C)cc4[Si]5(CCCCCCCC)CCCCCCCC)c4nn(CCCCCCCC)nc43)c2n1. The molecule has 332 valence electrons. The number of nitrogens with zero attached hydrogens (tertiary/aromatic N) is 6. The minimum atomic E-state index is -1.97. The van der Waals surface area contributed by atoms with E-state index in [4.69, 9.17) is 20.4 Å². The monoisotopic (exact) mass is 879 g/mol. The molecule has 0 saturated heterocycles. The molecular formula is C52H78N6S2Si. The lowest BCUT2D eigenvalue weighted by atomic mass is 10.00. The van der Waals surface area contributed by atoms with Gasteiger partial charge in [-0.15, -0.1) is 22.7 Å². The van der Waals surface area contributed by atoms with Crippen molar-refractivity contribution in [1.82, 2.24) is 30.0 Å². The highest BCUT2D eigenvalue weighted by Gasteiger charge is 2.47. The van der Waals surface area contributed by atoms with Crippen molar-refractivity contribution in [2.75, 3.05) is 0 Å². The molecule has 0 bridgehead atoms. The molecule has 6 nitrogen and oxygen atoms in total. The molecule has 7 rings (SSSR count). The van der Waals surface area contributed by atoms with Crippen LogP contribution in [-0.2, 0) is 13.1 Å². The fourth-order valence-electron chi connectivity index (χ4n) is 10.3. The summed E-state index contributed by atoms with van der Waals surface area (Å²) in [5, 5.41) is 27.0. The molecule has 0 amide bonds. The standard InChI is InChI=1S/C52H78N6S2Si/c1-7-11-15-19-23-27-31-57-53-47-39(5)35-41-42(48(47)54-57)37-43(50-49(41)55-58(56-50)32-28-24-20-16-12-8-2)44-38-46-52(60-44)51-45(36-40(6)59-51)61(46,33-29-25-21-17-13-9-3)34-30-26-22-18-14-10-4/h35-38H,7-34H2,1-6H3. The molecule has 0 unspecified atom stereocenters. The second-order valence-corrected chi connectivity index (χ2v) is 25.4. The number of rotatable bonds is 29. The summed E-state index contributed by atoms with van der Waals surface area (Å²) in [5.74, 6) is 0. The van der Waals surface area contributed by atoms with Crippen molar-refractivity contribution < 1.29 is 0 Å². The van der Waals surface area contributed by atoms with E-state index >= 15 is 0 Å². The van der Waals surface area contributed by atoms with Crippen LogP contribution in [0.1, 0.15) is 192 Å². The van der Waals surface area contributed by atoms with Gasteiger partial charge in [-0.05, 0) is 79.0 Å². The van der Waals surface area contributed by atoms with Crippen LogP contribution in [0.3, 0.4) is 0 Å². The van der Waals surface area contributed by atoms with Gasteiger partial charge in [-0.2, -0.15) is 30.0 Å². The molecule has 5 heterocycles. The van der Waals surface area contributed by atoms with Gasteiger partial charge in [0.2, 0.25) is 0 Å². The summed E-state index contributed by atoms with van der Waals surface area (Å²) in [6.45, 7) is 15.5. The fourth-order valence-corrected chi connectivity index (χ4v) is 19.7. The minimum Gasteiger partial charge on any atom is -0.184 e. The first kappa shape index (κ1) is 46.1. The Kier molecular flexibility index (Phi) is 17.1. The quantitative estimate of drug-likeness (QED) is 0.0348. The largest absolute Gasteiger partial charge is 0.184 e. The Morgan fingerprint density at radius 3 is 1.43 bits per heavy atom. The van der Waals surface area contributed by atoms with E-state index in [2.05, 4.69) is 88.5 Å². The summed E-state index contributed by atoms with van der Waals surface area (Å²) in [4.78, 5) is 10.1. The van der Waals surface area contributed by atoms with Gasteiger partial charge in [0.25, 0.3) is 0 Å². The first-order valence-electron chi connectivity index (χ1n) is 25.2. The Morgan fingerprint density at radius 2 is 0.869 bits per heavy atom. The molecule has 1 aliphatic heterocycles. The third-order valence-corrected chi connectivity index (χ3v) is 21.8. The Bertz CT molecular complexity index is 2280. The van der Waals surface area contributed by atoms with Crippen LogP contribution in [0.5, 0.6) is 0 Å². The molecule has 6 aromatic rings. The molecule has 0 atom stereocenters. The van der Waals surface area contributed by atoms with Crippen molar-refractivity contribution in [2.45, 2.75) is 221 Å². The van der Waals surface area contributed by atoms with Gasteiger partial charge in [-0.3, -0.25) is 0 Å². The summed E-state index contributed by atoms with van der Waals surface area (Å²) >= 11 is 4.12. The highest BCUT2D eigenvalue weighted by atomic mass is 32.1. The predicted molar refractivity (Wildman–Crippen MR) is 270 cm³/mol. The minimum absolute atomic E-state index is 0.864. The molecule has 0 saturated carbocycles. The molecule has 1 aliphatic rings. The molecule has 0 N–H and O–H groups in total. The molecule has 9 heteroatoms. The maximum Gasteiger partial charge on any atom is 0.122 e. The van der Waals surface area contributed by atoms with E-state index in [-0.39, 0.29) is 0 Å². The summed E-state index contributed by atoms with van der Waals surface area (Å²) in [7, 11) is -1.97. The average molecular weight is 879 g/mol. The number of aromatic nitrogens is 6. The zero-order valence-corrected chi connectivity index (χ0v) is 41.7. The number of unbranched alkanes of at least 4 members (excludes halogenated alkanes) is 20. The van der Waals surface area contributed by atoms with Crippen molar-refractivity contribution in [3.63, 3.8) is 0 Å². The molecule has 0 radical (unpaired) electrons. The fraction of sp³-hybridized carbons (Fsp3) is 0.654. The summed E-state index contributed by atoms with van der Waals surface area (Å²) in [6, 6.07) is 12.9. The molecular weight excluding hydrogens is 801 g/mol. The second kappa shape index (κ2) is 22.6. The maximum atomic E-state index is 5.38. The van der Waals surface area contributed by atoms with Gasteiger partial charge in [0, 0.05) is 35.8 Å². The third-order valence-electron chi connectivity index (χ3n) is 13.8. The Labute approximate surface area is 377 Å². The number of aryl methyl sites for hydroxylation is 4. The van der Waals surface area contributed by atoms with Crippen molar-refractivity contribution in [3.05, 3.63) is 34.7 Å². The Hall–Kier alpha value is -2.88. The van der Waals surface area contributed by atoms with E-state index < -0.39 is 8.07 Å². The Morgan fingerprint density at radius 1 is 0.443 bits per heavy atom. The molecule has 2 aromatic carbocycles. The van der Waals surface area contributed by atoms with E-state index in [0.717, 1.165) is 48.0 Å². The van der Waals surface area contributed by atoms with Crippen LogP contribution in [0, 0.1) is 13.8 Å². The lowest BCUT2D eigenvalue weighted by Crippen LogP contribution is -2.54. The van der Waals surface area contributed by atoms with Crippen LogP contribution >= 0.6 is 22.7 Å². The molecule has 4 aromatic heterocycles. The second-order valence-electron chi connectivity index (χ2n) is 18.8. The maximum absolute atomic E-state index is 5.38. The van der Waals surface area contributed by atoms with Crippen molar-refractivity contribution in [1.29, 1.82) is 0 Å². The topological polar surface area (TPSA) is 61.4 Å². The summed E-state index contributed by atoms with van der Waals surface area (Å²) in [5.41, 5.74) is 6.54. The van der Waals surface area contributed by atoms with E-state index in [1.165, 1.54) is 185 Å². The smallest absolute Gasteiger partial charge is 0.122 e. The van der Waals surface area contributed by atoms with E-state index in [0.29, 0.717) is 0 Å². The number of fused-ring (bicyclic) bond motifs is 8. The van der Waals surface area contributed by atoms with Crippen molar-refractivity contribution in [2.24, 2.45) is 0 Å². The number of thiophene rings is 2. The highest BCUT2D eigenvalue weighted by Crippen LogP contribution is 2.47. The average Bonchev–Trinajstić information content (AvgIpc) is 4.09. The third kappa shape index (κ3) is 10.7. The van der Waals surface area contributed by atoms with E-state index in [1.54, 1.807) is 20.1 Å². The van der Waals surface area contributed by atoms with E-state index in [9.17, 15) is 0 Å². The number of hydrogen-bond acceptors (Lipinski definition) is 6. The molecule has 61 heavy (non-hydrogen) atoms. The first-order valence-corrected chi connectivity index (χ1v) is 29.3. The van der Waals surface area contributed by atoms with Gasteiger partial charge in [0.05, 0.1) is 13.1 Å². The lowest BCUT2D eigenvalue weighted by molar-refractivity contribution is 0.488. The van der Waals surface area contributed by atoms with Crippen LogP contribution < -0.4 is 10.4 Å². The van der Waals surface area contributed by atoms with Gasteiger partial charge in [0.1, 0.15) is 30.1 Å². The number of hydrogen-bond donors (Lipinski definition) is 0. The summed E-state index contributed by atoms with van der Waals surface area (Å²) in [6.07, 6.45) is 31.6. The Balaban J connectivity index is 1.30. The van der Waals surface area contributed by atoms with Crippen molar-refractivity contribution >= 4 is 74.0 Å². The van der Waals surface area contributed by atoms with Gasteiger partial charge < -0.3 is 0 Å². The molecule has 0 spiro atoms. The number of benzene rings is 2. The van der Waals surface area contributed by atoms with Crippen LogP contribution in [-0.4, -0.2) is 38.1 Å². The van der Waals surface area contributed by atoms with Crippen molar-refractivity contribution in [3.8, 4) is 20.2 Å². The highest BCUT2D eigenvalue weighted by molar-refractivity contribution is 7.30. The summed E-state index contributed by atoms with van der Waals surface area (Å²) < 4.78 is 0. The normalized spacial score (nSPS) is 13.4. The molecule has 0 fully saturated rings. The first-order chi connectivity index (χ1) is 29.9.